The molecule has 0 amide bonds. The Labute approximate surface area is 187 Å². The molecule has 0 radical (unpaired) electrons. The Morgan fingerprint density at radius 1 is 1.06 bits per heavy atom. The van der Waals surface area contributed by atoms with Crippen molar-refractivity contribution in [3.05, 3.63) is 58.6 Å². The van der Waals surface area contributed by atoms with Crippen LogP contribution >= 0.6 is 11.6 Å². The molecule has 4 rings (SSSR count). The number of hydrogen-bond acceptors (Lipinski definition) is 4. The Morgan fingerprint density at radius 3 is 2.29 bits per heavy atom. The molecular formula is C22H25ClF2O4SSi. The van der Waals surface area contributed by atoms with Gasteiger partial charge in [0.2, 0.25) is 0 Å². The van der Waals surface area contributed by atoms with Gasteiger partial charge in [-0.2, -0.15) is 0 Å². The van der Waals surface area contributed by atoms with Crippen molar-refractivity contribution in [1.29, 1.82) is 0 Å². The highest BCUT2D eigenvalue weighted by Gasteiger charge is 2.63. The average molecular weight is 487 g/mol. The fourth-order valence-electron chi connectivity index (χ4n) is 5.04. The van der Waals surface area contributed by atoms with E-state index in [-0.39, 0.29) is 42.1 Å². The standard InChI is InChI=1S/C22H25ClF2O4SSi/c1-31(2,3)21(26)10-11-22(30(27,28)16-6-4-15(23)5-7-16)14(12-21)13-29-20-18(25)9-8-17(24)19(20)22/h4-9,14,26H,10-13H2,1-3H3. The molecule has 1 aliphatic heterocycles. The number of halogens is 3. The van der Waals surface area contributed by atoms with Crippen LogP contribution < -0.4 is 4.74 Å². The molecule has 2 aromatic rings. The molecule has 3 atom stereocenters. The smallest absolute Gasteiger partial charge is 0.188 e. The number of hydrogen-bond donors (Lipinski definition) is 1. The van der Waals surface area contributed by atoms with Gasteiger partial charge < -0.3 is 9.84 Å². The van der Waals surface area contributed by atoms with E-state index >= 15 is 4.39 Å². The van der Waals surface area contributed by atoms with Crippen molar-refractivity contribution < 1.29 is 27.0 Å². The van der Waals surface area contributed by atoms with Crippen LogP contribution in [-0.4, -0.2) is 33.4 Å². The Morgan fingerprint density at radius 2 is 1.68 bits per heavy atom. The number of fused-ring (bicyclic) bond motifs is 3. The second-order valence-electron chi connectivity index (χ2n) is 9.57. The van der Waals surface area contributed by atoms with Gasteiger partial charge in [0.1, 0.15) is 10.6 Å². The van der Waals surface area contributed by atoms with Crippen molar-refractivity contribution >= 4 is 29.5 Å². The zero-order valence-corrected chi connectivity index (χ0v) is 20.2. The van der Waals surface area contributed by atoms with E-state index in [9.17, 15) is 17.9 Å². The number of aliphatic hydroxyl groups is 1. The molecule has 1 aliphatic carbocycles. The van der Waals surface area contributed by atoms with Crippen LogP contribution in [0.5, 0.6) is 5.75 Å². The third-order valence-electron chi connectivity index (χ3n) is 7.06. The minimum absolute atomic E-state index is 0.0168. The van der Waals surface area contributed by atoms with E-state index in [4.69, 9.17) is 16.3 Å². The van der Waals surface area contributed by atoms with Crippen molar-refractivity contribution in [3.63, 3.8) is 0 Å². The lowest BCUT2D eigenvalue weighted by molar-refractivity contribution is 0.00392. The van der Waals surface area contributed by atoms with Crippen LogP contribution in [0.3, 0.4) is 0 Å². The maximum atomic E-state index is 15.2. The molecule has 4 nitrogen and oxygen atoms in total. The van der Waals surface area contributed by atoms with Crippen LogP contribution in [0.1, 0.15) is 24.8 Å². The van der Waals surface area contributed by atoms with Crippen LogP contribution in [0, 0.1) is 17.6 Å². The van der Waals surface area contributed by atoms with Crippen molar-refractivity contribution in [1.82, 2.24) is 0 Å². The summed E-state index contributed by atoms with van der Waals surface area (Å²) >= 11 is 5.95. The van der Waals surface area contributed by atoms with Gasteiger partial charge >= 0.3 is 0 Å². The van der Waals surface area contributed by atoms with E-state index in [2.05, 4.69) is 0 Å². The van der Waals surface area contributed by atoms with Crippen molar-refractivity contribution in [2.75, 3.05) is 6.61 Å². The average Bonchev–Trinajstić information content (AvgIpc) is 2.69. The van der Waals surface area contributed by atoms with Crippen molar-refractivity contribution in [2.24, 2.45) is 5.92 Å². The molecule has 1 N–H and O–H groups in total. The van der Waals surface area contributed by atoms with Crippen LogP contribution in [0.4, 0.5) is 8.78 Å². The summed E-state index contributed by atoms with van der Waals surface area (Å²) in [5.41, 5.74) is -0.267. The molecular weight excluding hydrogens is 462 g/mol. The molecule has 3 unspecified atom stereocenters. The lowest BCUT2D eigenvalue weighted by Crippen LogP contribution is -2.62. The quantitative estimate of drug-likeness (QED) is 0.614. The van der Waals surface area contributed by atoms with Crippen LogP contribution in [0.25, 0.3) is 0 Å². The highest BCUT2D eigenvalue weighted by molar-refractivity contribution is 7.92. The molecule has 2 aliphatic rings. The molecule has 0 bridgehead atoms. The number of rotatable bonds is 3. The van der Waals surface area contributed by atoms with E-state index in [0.29, 0.717) is 5.02 Å². The van der Waals surface area contributed by atoms with Gasteiger partial charge in [-0.3, -0.25) is 0 Å². The maximum absolute atomic E-state index is 15.2. The normalized spacial score (nSPS) is 28.4. The van der Waals surface area contributed by atoms with Crippen LogP contribution in [0.2, 0.25) is 24.7 Å². The summed E-state index contributed by atoms with van der Waals surface area (Å²) in [6.45, 7) is 5.94. The van der Waals surface area contributed by atoms with Gasteiger partial charge in [0, 0.05) is 10.9 Å². The Kier molecular flexibility index (Phi) is 5.32. The molecule has 0 saturated heterocycles. The molecule has 9 heteroatoms. The Bertz CT molecular complexity index is 1130. The maximum Gasteiger partial charge on any atom is 0.188 e. The summed E-state index contributed by atoms with van der Waals surface area (Å²) < 4.78 is 61.8. The van der Waals surface area contributed by atoms with Gasteiger partial charge in [0.05, 0.1) is 30.4 Å². The summed E-state index contributed by atoms with van der Waals surface area (Å²) in [6.07, 6.45) is 0.298. The summed E-state index contributed by atoms with van der Waals surface area (Å²) in [5.74, 6) is -2.71. The zero-order chi connectivity index (χ0) is 22.8. The third kappa shape index (κ3) is 3.25. The summed E-state index contributed by atoms with van der Waals surface area (Å²) in [7, 11) is -6.32. The molecule has 0 aromatic heterocycles. The van der Waals surface area contributed by atoms with E-state index in [1.165, 1.54) is 24.3 Å². The first-order valence-corrected chi connectivity index (χ1v) is 15.5. The highest BCUT2D eigenvalue weighted by Crippen LogP contribution is 2.59. The van der Waals surface area contributed by atoms with E-state index in [0.717, 1.165) is 12.1 Å². The fraction of sp³-hybridized carbons (Fsp3) is 0.455. The molecule has 2 aromatic carbocycles. The molecule has 0 spiro atoms. The van der Waals surface area contributed by atoms with E-state index < -0.39 is 45.4 Å². The molecule has 168 valence electrons. The SMILES string of the molecule is C[Si](C)(C)C1(O)CCC2(S(=O)(=O)c3ccc(Cl)cc3)c3c(F)ccc(F)c3OCC2C1. The molecule has 1 heterocycles. The first-order valence-electron chi connectivity index (χ1n) is 10.2. The minimum Gasteiger partial charge on any atom is -0.490 e. The van der Waals surface area contributed by atoms with Gasteiger partial charge in [-0.1, -0.05) is 31.2 Å². The Hall–Kier alpha value is -1.48. The second kappa shape index (κ2) is 7.27. The number of benzene rings is 2. The summed E-state index contributed by atoms with van der Waals surface area (Å²) in [6, 6.07) is 7.58. The van der Waals surface area contributed by atoms with E-state index in [1.54, 1.807) is 0 Å². The third-order valence-corrected chi connectivity index (χ3v) is 13.2. The zero-order valence-electron chi connectivity index (χ0n) is 17.6. The van der Waals surface area contributed by atoms with E-state index in [1.807, 2.05) is 19.6 Å². The van der Waals surface area contributed by atoms with Crippen LogP contribution in [0.15, 0.2) is 41.3 Å². The minimum atomic E-state index is -4.19. The first kappa shape index (κ1) is 22.7. The molecule has 31 heavy (non-hydrogen) atoms. The topological polar surface area (TPSA) is 63.6 Å². The highest BCUT2D eigenvalue weighted by atomic mass is 35.5. The van der Waals surface area contributed by atoms with Crippen molar-refractivity contribution in [2.45, 2.75) is 53.8 Å². The molecule has 1 fully saturated rings. The van der Waals surface area contributed by atoms with Gasteiger partial charge in [-0.15, -0.1) is 0 Å². The lowest BCUT2D eigenvalue weighted by atomic mass is 9.71. The van der Waals surface area contributed by atoms with Gasteiger partial charge in [-0.25, -0.2) is 17.2 Å². The Balaban J connectivity index is 1.99. The van der Waals surface area contributed by atoms with Gasteiger partial charge in [-0.05, 0) is 55.7 Å². The first-order chi connectivity index (χ1) is 14.3. The molecule has 1 saturated carbocycles. The van der Waals surface area contributed by atoms with Crippen molar-refractivity contribution in [3.8, 4) is 5.75 Å². The fourth-order valence-corrected chi connectivity index (χ4v) is 9.23. The summed E-state index contributed by atoms with van der Waals surface area (Å²) in [5, 5.41) is 10.8. The predicted molar refractivity (Wildman–Crippen MR) is 118 cm³/mol. The lowest BCUT2D eigenvalue weighted by Gasteiger charge is -2.54. The second-order valence-corrected chi connectivity index (χ2v) is 17.6. The van der Waals surface area contributed by atoms with Crippen LogP contribution in [-0.2, 0) is 14.6 Å². The number of sulfone groups is 1. The predicted octanol–water partition coefficient (Wildman–Crippen LogP) is 5.09. The monoisotopic (exact) mass is 486 g/mol. The van der Waals surface area contributed by atoms with Gasteiger partial charge in [0.15, 0.2) is 21.4 Å². The largest absolute Gasteiger partial charge is 0.490 e. The summed E-state index contributed by atoms with van der Waals surface area (Å²) in [4.78, 5) is -0.0168. The number of ether oxygens (including phenoxy) is 1. The van der Waals surface area contributed by atoms with Gasteiger partial charge in [0.25, 0.3) is 0 Å².